The number of furan rings is 2. The minimum atomic E-state index is -0.555. The highest BCUT2D eigenvalue weighted by molar-refractivity contribution is 7.22. The van der Waals surface area contributed by atoms with Crippen LogP contribution in [-0.2, 0) is 5.41 Å². The topological polar surface area (TPSA) is 129 Å². The van der Waals surface area contributed by atoms with E-state index in [0.717, 1.165) is 152 Å². The molecule has 111 heavy (non-hydrogen) atoms. The third kappa shape index (κ3) is 11.3. The van der Waals surface area contributed by atoms with Gasteiger partial charge in [-0.25, -0.2) is 39.9 Å². The molecule has 0 spiro atoms. The van der Waals surface area contributed by atoms with Crippen molar-refractivity contribution in [3.8, 4) is 123 Å². The summed E-state index contributed by atoms with van der Waals surface area (Å²) in [6, 6.07) is 126. The van der Waals surface area contributed by atoms with E-state index < -0.39 is 5.41 Å². The number of benzene rings is 15. The Kier molecular flexibility index (Phi) is 15.9. The fourth-order valence-electron chi connectivity index (χ4n) is 16.1. The van der Waals surface area contributed by atoms with E-state index in [-0.39, 0.29) is 0 Å². The molecule has 22 rings (SSSR count). The second-order valence-corrected chi connectivity index (χ2v) is 29.6. The van der Waals surface area contributed by atoms with Crippen molar-refractivity contribution in [3.63, 3.8) is 0 Å². The van der Waals surface area contributed by atoms with Gasteiger partial charge in [-0.15, -0.1) is 22.7 Å². The van der Waals surface area contributed by atoms with Gasteiger partial charge in [0.05, 0.1) is 25.8 Å². The van der Waals surface area contributed by atoms with Gasteiger partial charge in [-0.3, -0.25) is 0 Å². The molecule has 0 atom stereocenters. The number of aromatic nitrogens is 8. The van der Waals surface area contributed by atoms with Gasteiger partial charge in [-0.05, 0) is 122 Å². The third-order valence-electron chi connectivity index (χ3n) is 21.0. The molecule has 0 bridgehead atoms. The minimum absolute atomic E-state index is 0.555. The largest absolute Gasteiger partial charge is 0.456 e. The lowest BCUT2D eigenvalue weighted by atomic mass is 9.67. The fraction of sp³-hybridized carbons (Fsp3) is 0.0101. The predicted molar refractivity (Wildman–Crippen MR) is 452 cm³/mol. The molecular formula is C99H60N8O2S2. The van der Waals surface area contributed by atoms with E-state index in [4.69, 9.17) is 48.7 Å². The van der Waals surface area contributed by atoms with Crippen LogP contribution in [0.3, 0.4) is 0 Å². The monoisotopic (exact) mass is 1460 g/mol. The molecule has 12 heteroatoms. The Hall–Kier alpha value is -14.3. The second kappa shape index (κ2) is 27.2. The van der Waals surface area contributed by atoms with Gasteiger partial charge < -0.3 is 8.83 Å². The molecule has 0 unspecified atom stereocenters. The van der Waals surface area contributed by atoms with Crippen LogP contribution < -0.4 is 0 Å². The zero-order valence-corrected chi connectivity index (χ0v) is 61.0. The fourth-order valence-corrected chi connectivity index (χ4v) is 18.1. The molecule has 15 aromatic carbocycles. The van der Waals surface area contributed by atoms with Crippen molar-refractivity contribution < 1.29 is 8.83 Å². The SMILES string of the molecule is c1ccc(-c2cc(-c3ccccc3)cc(-c3nc(-c4ccccc4)nc(-c4cccc5oc6cccc(-c7nc8ccccc8s7)c6c45)n3)c2)cc1.c1ccc(-c2nc(-c3cccc4c3-c3ccccc3C4(c3ccccc3)c3ccccc3)nc(-c3cccc4oc5cccc(-c6nc7ccccc7s6)c5c34)n2)cc1. The third-order valence-corrected chi connectivity index (χ3v) is 23.2. The van der Waals surface area contributed by atoms with E-state index in [1.54, 1.807) is 22.7 Å². The van der Waals surface area contributed by atoms with Crippen LogP contribution in [-0.4, -0.2) is 39.9 Å². The summed E-state index contributed by atoms with van der Waals surface area (Å²) in [5, 5.41) is 5.76. The molecule has 21 aromatic rings. The molecule has 520 valence electrons. The molecule has 0 N–H and O–H groups in total. The van der Waals surface area contributed by atoms with Crippen molar-refractivity contribution in [3.05, 3.63) is 386 Å². The van der Waals surface area contributed by atoms with Gasteiger partial charge in [0.2, 0.25) is 0 Å². The van der Waals surface area contributed by atoms with E-state index in [1.807, 2.05) is 121 Å². The van der Waals surface area contributed by atoms with Crippen molar-refractivity contribution in [2.24, 2.45) is 0 Å². The van der Waals surface area contributed by atoms with E-state index in [1.165, 1.54) is 22.3 Å². The van der Waals surface area contributed by atoms with Gasteiger partial charge >= 0.3 is 0 Å². The second-order valence-electron chi connectivity index (χ2n) is 27.5. The smallest absolute Gasteiger partial charge is 0.164 e. The summed E-state index contributed by atoms with van der Waals surface area (Å²) in [6.07, 6.45) is 0. The number of thiazole rings is 2. The Balaban J connectivity index is 0.000000142. The molecular weight excluding hydrogens is 1400 g/mol. The van der Waals surface area contributed by atoms with Crippen LogP contribution in [0.4, 0.5) is 0 Å². The van der Waals surface area contributed by atoms with Crippen LogP contribution in [0.5, 0.6) is 0 Å². The van der Waals surface area contributed by atoms with Crippen molar-refractivity contribution >= 4 is 87.0 Å². The van der Waals surface area contributed by atoms with Crippen LogP contribution in [0.15, 0.2) is 373 Å². The van der Waals surface area contributed by atoms with Crippen LogP contribution >= 0.6 is 22.7 Å². The average Bonchev–Trinajstić information content (AvgIpc) is 1.54. The number of nitrogens with zero attached hydrogens (tertiary/aromatic N) is 8. The van der Waals surface area contributed by atoms with Crippen molar-refractivity contribution in [2.45, 2.75) is 5.41 Å². The molecule has 0 saturated carbocycles. The maximum absolute atomic E-state index is 6.59. The maximum Gasteiger partial charge on any atom is 0.164 e. The molecule has 0 aliphatic heterocycles. The van der Waals surface area contributed by atoms with Gasteiger partial charge in [0.1, 0.15) is 32.3 Å². The molecule has 0 amide bonds. The maximum atomic E-state index is 6.59. The number of fused-ring (bicyclic) bond motifs is 11. The number of para-hydroxylation sites is 2. The van der Waals surface area contributed by atoms with Crippen LogP contribution in [0.1, 0.15) is 22.3 Å². The molecule has 0 saturated heterocycles. The first-order valence-electron chi connectivity index (χ1n) is 36.9. The summed E-state index contributed by atoms with van der Waals surface area (Å²) in [4.78, 5) is 41.7. The van der Waals surface area contributed by atoms with Gasteiger partial charge in [-0.2, -0.15) is 0 Å². The molecule has 1 aliphatic carbocycles. The summed E-state index contributed by atoms with van der Waals surface area (Å²) < 4.78 is 15.4. The first kappa shape index (κ1) is 65.0. The van der Waals surface area contributed by atoms with E-state index in [0.29, 0.717) is 34.9 Å². The molecule has 0 radical (unpaired) electrons. The van der Waals surface area contributed by atoms with E-state index >= 15 is 0 Å². The Labute approximate surface area is 645 Å². The van der Waals surface area contributed by atoms with Crippen molar-refractivity contribution in [1.29, 1.82) is 0 Å². The van der Waals surface area contributed by atoms with Crippen LogP contribution in [0, 0.1) is 0 Å². The van der Waals surface area contributed by atoms with Gasteiger partial charge in [0, 0.05) is 66.1 Å². The minimum Gasteiger partial charge on any atom is -0.456 e. The van der Waals surface area contributed by atoms with Crippen molar-refractivity contribution in [2.75, 3.05) is 0 Å². The highest BCUT2D eigenvalue weighted by atomic mass is 32.1. The van der Waals surface area contributed by atoms with Crippen LogP contribution in [0.2, 0.25) is 0 Å². The zero-order valence-electron chi connectivity index (χ0n) is 59.4. The Morgan fingerprint density at radius 2 is 0.532 bits per heavy atom. The standard InChI is InChI=1S/C53H32N4OS.C46H28N4OS/c1-4-17-33(18-5-1)49-55-50(37-24-14-28-41-46(37)36-23-10-11-27-40(36)53(41,34-19-6-2-7-20-34)35-21-8-3-9-22-35)57-51(56-49)38-25-15-30-43-47(38)48-39(26-16-31-44(48)58-43)52-54-42-29-12-13-32-45(42)59-52;1-4-14-29(15-5-1)32-26-33(30-16-6-2-7-17-30)28-34(27-32)44-48-43(31-18-8-3-9-19-31)49-45(50-44)35-20-12-23-38-41(35)42-36(21-13-24-39(42)51-38)46-47-37-22-10-11-25-40(37)52-46/h1-32H;1-28H. The summed E-state index contributed by atoms with van der Waals surface area (Å²) in [5.41, 5.74) is 23.5. The Morgan fingerprint density at radius 3 is 0.991 bits per heavy atom. The lowest BCUT2D eigenvalue weighted by Crippen LogP contribution is -2.28. The summed E-state index contributed by atoms with van der Waals surface area (Å²) >= 11 is 3.37. The number of hydrogen-bond acceptors (Lipinski definition) is 12. The summed E-state index contributed by atoms with van der Waals surface area (Å²) in [7, 11) is 0. The highest BCUT2D eigenvalue weighted by Gasteiger charge is 2.47. The molecule has 6 heterocycles. The molecule has 10 nitrogen and oxygen atoms in total. The van der Waals surface area contributed by atoms with Crippen molar-refractivity contribution in [1.82, 2.24) is 39.9 Å². The lowest BCUT2D eigenvalue weighted by Gasteiger charge is -2.33. The molecule has 0 fully saturated rings. The Bertz CT molecular complexity index is 6990. The normalized spacial score (nSPS) is 12.2. The first-order chi connectivity index (χ1) is 55.0. The predicted octanol–water partition coefficient (Wildman–Crippen LogP) is 25.8. The van der Waals surface area contributed by atoms with Gasteiger partial charge in [0.25, 0.3) is 0 Å². The molecule has 6 aromatic heterocycles. The zero-order chi connectivity index (χ0) is 73.4. The van der Waals surface area contributed by atoms with Crippen LogP contribution in [0.25, 0.3) is 187 Å². The summed E-state index contributed by atoms with van der Waals surface area (Å²) in [5.74, 6) is 3.54. The van der Waals surface area contributed by atoms with Gasteiger partial charge in [0.15, 0.2) is 34.9 Å². The number of rotatable bonds is 12. The van der Waals surface area contributed by atoms with E-state index in [9.17, 15) is 0 Å². The van der Waals surface area contributed by atoms with E-state index in [2.05, 4.69) is 243 Å². The quantitative estimate of drug-likeness (QED) is 0.117. The summed E-state index contributed by atoms with van der Waals surface area (Å²) in [6.45, 7) is 0. The first-order valence-corrected chi connectivity index (χ1v) is 38.5. The number of hydrogen-bond donors (Lipinski definition) is 0. The highest BCUT2D eigenvalue weighted by Crippen LogP contribution is 2.58. The lowest BCUT2D eigenvalue weighted by molar-refractivity contribution is 0.668. The Morgan fingerprint density at radius 1 is 0.216 bits per heavy atom. The van der Waals surface area contributed by atoms with Gasteiger partial charge in [-0.1, -0.05) is 297 Å². The molecule has 1 aliphatic rings. The average molecular weight is 1460 g/mol.